The quantitative estimate of drug-likeness (QED) is 0.570. The highest BCUT2D eigenvalue weighted by Gasteiger charge is 2.34. The van der Waals surface area contributed by atoms with Crippen LogP contribution >= 0.6 is 0 Å². The molecule has 0 unspecified atom stereocenters. The summed E-state index contributed by atoms with van der Waals surface area (Å²) in [4.78, 5) is 16.4. The molecule has 2 bridgehead atoms. The first-order valence-corrected chi connectivity index (χ1v) is 10.3. The van der Waals surface area contributed by atoms with Gasteiger partial charge in [0.05, 0.1) is 5.69 Å². The van der Waals surface area contributed by atoms with Gasteiger partial charge < -0.3 is 10.2 Å². The molecule has 150 valence electrons. The normalized spacial score (nSPS) is 20.8. The van der Waals surface area contributed by atoms with Gasteiger partial charge in [0.15, 0.2) is 5.65 Å². The van der Waals surface area contributed by atoms with Crippen molar-refractivity contribution in [2.45, 2.75) is 24.9 Å². The fourth-order valence-electron chi connectivity index (χ4n) is 4.66. The highest BCUT2D eigenvalue weighted by molar-refractivity contribution is 5.81. The van der Waals surface area contributed by atoms with Crippen LogP contribution in [0.5, 0.6) is 0 Å². The Labute approximate surface area is 173 Å². The van der Waals surface area contributed by atoms with Gasteiger partial charge >= 0.3 is 0 Å². The van der Waals surface area contributed by atoms with Crippen LogP contribution in [0.25, 0.3) is 28.2 Å². The fourth-order valence-corrected chi connectivity index (χ4v) is 4.66. The van der Waals surface area contributed by atoms with Gasteiger partial charge in [-0.2, -0.15) is 0 Å². The molecule has 4 aromatic rings. The van der Waals surface area contributed by atoms with Gasteiger partial charge in [0.2, 0.25) is 0 Å². The number of hydrogen-bond acceptors (Lipinski definition) is 5. The molecule has 0 radical (unpaired) electrons. The summed E-state index contributed by atoms with van der Waals surface area (Å²) in [5, 5.41) is 3.59. The monoisotopic (exact) mass is 400 g/mol. The van der Waals surface area contributed by atoms with Gasteiger partial charge in [0.25, 0.3) is 0 Å². The molecule has 0 aliphatic carbocycles. The summed E-state index contributed by atoms with van der Waals surface area (Å²) >= 11 is 0. The van der Waals surface area contributed by atoms with Crippen molar-refractivity contribution < 1.29 is 4.39 Å². The van der Waals surface area contributed by atoms with Crippen molar-refractivity contribution in [1.82, 2.24) is 24.8 Å². The van der Waals surface area contributed by atoms with E-state index < -0.39 is 0 Å². The van der Waals surface area contributed by atoms with E-state index in [-0.39, 0.29) is 5.82 Å². The third-order valence-corrected chi connectivity index (χ3v) is 6.14. The van der Waals surface area contributed by atoms with Gasteiger partial charge in [-0.3, -0.25) is 9.55 Å². The molecule has 3 aromatic heterocycles. The Kier molecular flexibility index (Phi) is 4.02. The maximum atomic E-state index is 14.0. The second kappa shape index (κ2) is 6.88. The number of halogens is 1. The summed E-state index contributed by atoms with van der Waals surface area (Å²) < 4.78 is 16.0. The van der Waals surface area contributed by atoms with Gasteiger partial charge in [-0.25, -0.2) is 14.4 Å². The number of rotatable bonds is 3. The van der Waals surface area contributed by atoms with E-state index in [1.807, 2.05) is 28.8 Å². The number of imidazole rings is 1. The molecule has 3 saturated heterocycles. The molecule has 7 rings (SSSR count). The van der Waals surface area contributed by atoms with E-state index in [0.717, 1.165) is 35.8 Å². The van der Waals surface area contributed by atoms with Crippen molar-refractivity contribution in [3.05, 3.63) is 66.7 Å². The van der Waals surface area contributed by atoms with Crippen LogP contribution in [-0.2, 0) is 0 Å². The smallest absolute Gasteiger partial charge is 0.167 e. The molecule has 3 aliphatic rings. The summed E-state index contributed by atoms with van der Waals surface area (Å²) in [5.74, 6) is 1.35. The average Bonchev–Trinajstić information content (AvgIpc) is 3.19. The van der Waals surface area contributed by atoms with Crippen molar-refractivity contribution in [1.29, 1.82) is 0 Å². The Morgan fingerprint density at radius 1 is 1.00 bits per heavy atom. The molecule has 0 amide bonds. The summed E-state index contributed by atoms with van der Waals surface area (Å²) in [7, 11) is 0. The van der Waals surface area contributed by atoms with Crippen LogP contribution in [-0.4, -0.2) is 44.7 Å². The number of benzene rings is 1. The summed E-state index contributed by atoms with van der Waals surface area (Å²) in [5.41, 5.74) is 3.17. The largest absolute Gasteiger partial charge is 0.351 e. The second-order valence-corrected chi connectivity index (χ2v) is 7.99. The molecule has 1 N–H and O–H groups in total. The molecule has 2 atom stereocenters. The van der Waals surface area contributed by atoms with Crippen LogP contribution in [0, 0.1) is 5.82 Å². The minimum atomic E-state index is -0.286. The molecule has 1 aromatic carbocycles. The predicted molar refractivity (Wildman–Crippen MR) is 114 cm³/mol. The highest BCUT2D eigenvalue weighted by atomic mass is 19.1. The van der Waals surface area contributed by atoms with Crippen LogP contribution in [0.1, 0.15) is 12.8 Å². The number of aromatic nitrogens is 4. The summed E-state index contributed by atoms with van der Waals surface area (Å²) in [6.07, 6.45) is 5.91. The highest BCUT2D eigenvalue weighted by Crippen LogP contribution is 2.32. The van der Waals surface area contributed by atoms with Crippen LogP contribution < -0.4 is 10.2 Å². The zero-order valence-electron chi connectivity index (χ0n) is 16.4. The number of fused-ring (bicyclic) bond motifs is 4. The number of nitrogens with zero attached hydrogens (tertiary/aromatic N) is 5. The first-order valence-electron chi connectivity index (χ1n) is 10.3. The first kappa shape index (κ1) is 17.5. The van der Waals surface area contributed by atoms with E-state index in [1.165, 1.54) is 25.0 Å². The second-order valence-electron chi connectivity index (χ2n) is 7.99. The Balaban J connectivity index is 1.55. The van der Waals surface area contributed by atoms with Crippen LogP contribution in [0.4, 0.5) is 10.2 Å². The summed E-state index contributed by atoms with van der Waals surface area (Å²) in [6, 6.07) is 15.5. The zero-order chi connectivity index (χ0) is 20.1. The Bertz CT molecular complexity index is 1210. The lowest BCUT2D eigenvalue weighted by Crippen LogP contribution is -2.61. The van der Waals surface area contributed by atoms with Gasteiger partial charge in [-0.1, -0.05) is 12.1 Å². The topological polar surface area (TPSA) is 58.9 Å². The lowest BCUT2D eigenvalue weighted by Gasteiger charge is -2.46. The Morgan fingerprint density at radius 3 is 2.63 bits per heavy atom. The van der Waals surface area contributed by atoms with Crippen molar-refractivity contribution in [3.8, 4) is 17.1 Å². The van der Waals surface area contributed by atoms with Crippen molar-refractivity contribution >= 4 is 17.0 Å². The van der Waals surface area contributed by atoms with Crippen LogP contribution in [0.2, 0.25) is 0 Å². The molecule has 0 spiro atoms. The van der Waals surface area contributed by atoms with E-state index in [1.54, 1.807) is 18.5 Å². The number of hydrogen-bond donors (Lipinski definition) is 1. The van der Waals surface area contributed by atoms with Crippen molar-refractivity contribution in [2.24, 2.45) is 0 Å². The first-order chi connectivity index (χ1) is 14.8. The van der Waals surface area contributed by atoms with Gasteiger partial charge in [0.1, 0.15) is 23.0 Å². The van der Waals surface area contributed by atoms with Crippen molar-refractivity contribution in [2.75, 3.05) is 18.0 Å². The number of piperazine rings is 1. The number of pyridine rings is 2. The molecule has 6 heterocycles. The SMILES string of the molecule is Fc1cccc(-c2nc3ccc(N4C[C@H]5CC[C@@H]4CN5)nc3n2-c2ccncc2)c1. The third kappa shape index (κ3) is 2.85. The third-order valence-electron chi connectivity index (χ3n) is 6.14. The van der Waals surface area contributed by atoms with Crippen LogP contribution in [0.3, 0.4) is 0 Å². The minimum Gasteiger partial charge on any atom is -0.351 e. The van der Waals surface area contributed by atoms with E-state index in [2.05, 4.69) is 21.3 Å². The number of nitrogens with one attached hydrogen (secondary N) is 1. The van der Waals surface area contributed by atoms with Gasteiger partial charge in [-0.15, -0.1) is 0 Å². The number of anilines is 1. The molecule has 0 saturated carbocycles. The van der Waals surface area contributed by atoms with E-state index >= 15 is 0 Å². The van der Waals surface area contributed by atoms with Crippen LogP contribution in [0.15, 0.2) is 60.9 Å². The van der Waals surface area contributed by atoms with E-state index in [9.17, 15) is 4.39 Å². The zero-order valence-corrected chi connectivity index (χ0v) is 16.4. The Morgan fingerprint density at radius 2 is 1.90 bits per heavy atom. The maximum absolute atomic E-state index is 14.0. The molecular formula is C23H21FN6. The molecule has 3 fully saturated rings. The lowest BCUT2D eigenvalue weighted by atomic mass is 9.93. The van der Waals surface area contributed by atoms with E-state index in [4.69, 9.17) is 9.97 Å². The average molecular weight is 400 g/mol. The predicted octanol–water partition coefficient (Wildman–Crippen LogP) is 3.56. The summed E-state index contributed by atoms with van der Waals surface area (Å²) in [6.45, 7) is 1.98. The molecule has 7 heteroatoms. The van der Waals surface area contributed by atoms with Gasteiger partial charge in [0, 0.05) is 43.1 Å². The lowest BCUT2D eigenvalue weighted by molar-refractivity contribution is 0.289. The minimum absolute atomic E-state index is 0.286. The maximum Gasteiger partial charge on any atom is 0.167 e. The standard InChI is InChI=1S/C23H21FN6/c24-16-3-1-2-15(12-16)22-27-20-6-7-21(29-14-17-4-5-19(29)13-26-17)28-23(20)30(22)18-8-10-25-11-9-18/h1-3,6-12,17,19,26H,4-5,13-14H2/t17-,19-/m1/s1. The molecule has 6 nitrogen and oxygen atoms in total. The molecule has 3 aliphatic heterocycles. The molecule has 30 heavy (non-hydrogen) atoms. The Hall–Kier alpha value is -3.32. The van der Waals surface area contributed by atoms with Gasteiger partial charge in [-0.05, 0) is 49.2 Å². The number of piperidine rings is 2. The van der Waals surface area contributed by atoms with Crippen molar-refractivity contribution in [3.63, 3.8) is 0 Å². The van der Waals surface area contributed by atoms with E-state index in [0.29, 0.717) is 23.5 Å². The molecular weight excluding hydrogens is 379 g/mol. The fraction of sp³-hybridized carbons (Fsp3) is 0.261.